The Hall–Kier alpha value is -0.0800. The molecule has 0 aromatic heterocycles. The molecule has 1 atom stereocenters. The molecular weight excluding hydrogens is 188 g/mol. The van der Waals surface area contributed by atoms with Gasteiger partial charge in [-0.2, -0.15) is 0 Å². The Bertz CT molecular complexity index is 138. The van der Waals surface area contributed by atoms with Crippen LogP contribution in [-0.4, -0.2) is 23.4 Å². The molecule has 2 N–H and O–H groups in total. The SMILES string of the molecule is CC(C)(C)C[C@@H](CCO)CCCCCO. The van der Waals surface area contributed by atoms with Crippen molar-refractivity contribution in [2.24, 2.45) is 11.3 Å². The summed E-state index contributed by atoms with van der Waals surface area (Å²) in [5.74, 6) is 0.647. The molecule has 0 aromatic rings. The van der Waals surface area contributed by atoms with Crippen molar-refractivity contribution in [2.45, 2.75) is 59.3 Å². The third-order valence-electron chi connectivity index (χ3n) is 2.71. The van der Waals surface area contributed by atoms with Crippen LogP contribution in [0.2, 0.25) is 0 Å². The molecule has 0 heterocycles. The van der Waals surface area contributed by atoms with E-state index in [0.717, 1.165) is 19.3 Å². The van der Waals surface area contributed by atoms with Gasteiger partial charge in [0.05, 0.1) is 0 Å². The van der Waals surface area contributed by atoms with Crippen molar-refractivity contribution in [3.05, 3.63) is 0 Å². The second-order valence-corrected chi connectivity index (χ2v) is 5.72. The van der Waals surface area contributed by atoms with Crippen LogP contribution in [0.4, 0.5) is 0 Å². The van der Waals surface area contributed by atoms with Gasteiger partial charge in [0.15, 0.2) is 0 Å². The number of unbranched alkanes of at least 4 members (excludes halogenated alkanes) is 2. The lowest BCUT2D eigenvalue weighted by molar-refractivity contribution is 0.205. The fraction of sp³-hybridized carbons (Fsp3) is 1.00. The third kappa shape index (κ3) is 10.2. The minimum Gasteiger partial charge on any atom is -0.396 e. The van der Waals surface area contributed by atoms with Crippen LogP contribution in [0, 0.1) is 11.3 Å². The summed E-state index contributed by atoms with van der Waals surface area (Å²) >= 11 is 0. The van der Waals surface area contributed by atoms with E-state index in [2.05, 4.69) is 20.8 Å². The van der Waals surface area contributed by atoms with Crippen molar-refractivity contribution in [3.63, 3.8) is 0 Å². The monoisotopic (exact) mass is 216 g/mol. The maximum Gasteiger partial charge on any atom is 0.0433 e. The molecule has 0 radical (unpaired) electrons. The van der Waals surface area contributed by atoms with Crippen molar-refractivity contribution in [1.82, 2.24) is 0 Å². The maximum atomic E-state index is 9.00. The fourth-order valence-electron chi connectivity index (χ4n) is 2.12. The minimum atomic E-state index is 0.306. The highest BCUT2D eigenvalue weighted by Gasteiger charge is 2.17. The van der Waals surface area contributed by atoms with Crippen molar-refractivity contribution in [3.8, 4) is 0 Å². The molecule has 0 amide bonds. The van der Waals surface area contributed by atoms with Gasteiger partial charge in [-0.25, -0.2) is 0 Å². The summed E-state index contributed by atoms with van der Waals surface area (Å²) in [6, 6.07) is 0. The Labute approximate surface area is 94.7 Å². The largest absolute Gasteiger partial charge is 0.396 e. The Balaban J connectivity index is 3.73. The second-order valence-electron chi connectivity index (χ2n) is 5.72. The van der Waals surface area contributed by atoms with E-state index < -0.39 is 0 Å². The third-order valence-corrected chi connectivity index (χ3v) is 2.71. The molecule has 2 nitrogen and oxygen atoms in total. The summed E-state index contributed by atoms with van der Waals surface area (Å²) < 4.78 is 0. The number of hydrogen-bond acceptors (Lipinski definition) is 2. The predicted molar refractivity (Wildman–Crippen MR) is 64.8 cm³/mol. The molecule has 0 bridgehead atoms. The van der Waals surface area contributed by atoms with Gasteiger partial charge in [-0.05, 0) is 30.6 Å². The molecule has 0 saturated heterocycles. The lowest BCUT2D eigenvalue weighted by Crippen LogP contribution is -2.14. The summed E-state index contributed by atoms with van der Waals surface area (Å²) in [6.07, 6.45) is 6.52. The highest BCUT2D eigenvalue weighted by atomic mass is 16.3. The highest BCUT2D eigenvalue weighted by molar-refractivity contribution is 4.69. The molecule has 0 aromatic carbocycles. The second kappa shape index (κ2) is 8.12. The van der Waals surface area contributed by atoms with Gasteiger partial charge < -0.3 is 10.2 Å². The smallest absolute Gasteiger partial charge is 0.0433 e. The normalized spacial score (nSPS) is 14.2. The van der Waals surface area contributed by atoms with Crippen molar-refractivity contribution < 1.29 is 10.2 Å². The molecular formula is C13H28O2. The number of aliphatic hydroxyl groups excluding tert-OH is 2. The topological polar surface area (TPSA) is 40.5 Å². The van der Waals surface area contributed by atoms with Crippen LogP contribution in [-0.2, 0) is 0 Å². The molecule has 0 aliphatic rings. The molecule has 0 fully saturated rings. The Kier molecular flexibility index (Phi) is 8.07. The lowest BCUT2D eigenvalue weighted by atomic mass is 9.81. The first-order chi connectivity index (χ1) is 6.99. The van der Waals surface area contributed by atoms with Gasteiger partial charge in [-0.1, -0.05) is 40.0 Å². The molecule has 0 spiro atoms. The zero-order valence-electron chi connectivity index (χ0n) is 10.6. The first-order valence-electron chi connectivity index (χ1n) is 6.21. The van der Waals surface area contributed by atoms with E-state index in [-0.39, 0.29) is 0 Å². The molecule has 2 heteroatoms. The standard InChI is InChI=1S/C13H28O2/c1-13(2,3)11-12(8-10-15)7-5-4-6-9-14/h12,14-15H,4-11H2,1-3H3/t12-/m1/s1. The van der Waals surface area contributed by atoms with Crippen LogP contribution < -0.4 is 0 Å². The number of aliphatic hydroxyl groups is 2. The molecule has 92 valence electrons. The zero-order chi connectivity index (χ0) is 11.7. The summed E-state index contributed by atoms with van der Waals surface area (Å²) in [4.78, 5) is 0. The van der Waals surface area contributed by atoms with Gasteiger partial charge in [-0.15, -0.1) is 0 Å². The van der Waals surface area contributed by atoms with Gasteiger partial charge >= 0.3 is 0 Å². The minimum absolute atomic E-state index is 0.306. The first-order valence-corrected chi connectivity index (χ1v) is 6.21. The van der Waals surface area contributed by atoms with Gasteiger partial charge in [0.1, 0.15) is 0 Å². The van der Waals surface area contributed by atoms with Crippen molar-refractivity contribution in [1.29, 1.82) is 0 Å². The van der Waals surface area contributed by atoms with Crippen LogP contribution in [0.15, 0.2) is 0 Å². The fourth-order valence-corrected chi connectivity index (χ4v) is 2.12. The van der Waals surface area contributed by atoms with E-state index in [1.165, 1.54) is 19.3 Å². The van der Waals surface area contributed by atoms with E-state index in [4.69, 9.17) is 10.2 Å². The Morgan fingerprint density at radius 2 is 1.53 bits per heavy atom. The van der Waals surface area contributed by atoms with Crippen molar-refractivity contribution >= 4 is 0 Å². The summed E-state index contributed by atoms with van der Waals surface area (Å²) in [6.45, 7) is 7.38. The summed E-state index contributed by atoms with van der Waals surface area (Å²) in [5, 5.41) is 17.7. The lowest BCUT2D eigenvalue weighted by Gasteiger charge is -2.25. The van der Waals surface area contributed by atoms with Crippen LogP contribution in [0.1, 0.15) is 59.3 Å². The summed E-state index contributed by atoms with van der Waals surface area (Å²) in [7, 11) is 0. The van der Waals surface area contributed by atoms with Gasteiger partial charge in [0.25, 0.3) is 0 Å². The Morgan fingerprint density at radius 1 is 0.867 bits per heavy atom. The van der Waals surface area contributed by atoms with E-state index in [0.29, 0.717) is 24.5 Å². The van der Waals surface area contributed by atoms with Crippen LogP contribution in [0.5, 0.6) is 0 Å². The molecule has 0 aliphatic carbocycles. The van der Waals surface area contributed by atoms with Gasteiger partial charge in [0, 0.05) is 13.2 Å². The number of hydrogen-bond donors (Lipinski definition) is 2. The van der Waals surface area contributed by atoms with Gasteiger partial charge in [-0.3, -0.25) is 0 Å². The average molecular weight is 216 g/mol. The Morgan fingerprint density at radius 3 is 2.00 bits per heavy atom. The molecule has 0 rings (SSSR count). The molecule has 0 aliphatic heterocycles. The zero-order valence-corrected chi connectivity index (χ0v) is 10.6. The van der Waals surface area contributed by atoms with Crippen LogP contribution in [0.3, 0.4) is 0 Å². The molecule has 15 heavy (non-hydrogen) atoms. The van der Waals surface area contributed by atoms with E-state index in [9.17, 15) is 0 Å². The average Bonchev–Trinajstić information content (AvgIpc) is 2.10. The van der Waals surface area contributed by atoms with Crippen LogP contribution >= 0.6 is 0 Å². The van der Waals surface area contributed by atoms with E-state index in [1.807, 2.05) is 0 Å². The first kappa shape index (κ1) is 14.9. The quantitative estimate of drug-likeness (QED) is 0.612. The molecule has 0 unspecified atom stereocenters. The predicted octanol–water partition coefficient (Wildman–Crippen LogP) is 2.97. The number of rotatable bonds is 8. The van der Waals surface area contributed by atoms with E-state index >= 15 is 0 Å². The van der Waals surface area contributed by atoms with Crippen molar-refractivity contribution in [2.75, 3.05) is 13.2 Å². The van der Waals surface area contributed by atoms with Crippen LogP contribution in [0.25, 0.3) is 0 Å². The summed E-state index contributed by atoms with van der Waals surface area (Å²) in [5.41, 5.74) is 0.358. The highest BCUT2D eigenvalue weighted by Crippen LogP contribution is 2.29. The maximum absolute atomic E-state index is 9.00. The molecule has 0 saturated carbocycles. The van der Waals surface area contributed by atoms with E-state index in [1.54, 1.807) is 0 Å². The van der Waals surface area contributed by atoms with Gasteiger partial charge in [0.2, 0.25) is 0 Å².